The number of nitrogens with zero attached hydrogens (tertiary/aromatic N) is 1. The average molecular weight is 294 g/mol. The van der Waals surface area contributed by atoms with E-state index < -0.39 is 0 Å². The summed E-state index contributed by atoms with van der Waals surface area (Å²) >= 11 is 0. The zero-order chi connectivity index (χ0) is 15.5. The molecule has 0 aliphatic rings. The van der Waals surface area contributed by atoms with E-state index >= 15 is 0 Å². The minimum absolute atomic E-state index is 0.215. The number of ether oxygens (including phenoxy) is 1. The van der Waals surface area contributed by atoms with Crippen molar-refractivity contribution in [2.75, 3.05) is 7.11 Å². The van der Waals surface area contributed by atoms with E-state index in [9.17, 15) is 9.59 Å². The molecular weight excluding hydrogens is 280 g/mol. The number of rotatable bonds is 4. The first-order valence-electron chi connectivity index (χ1n) is 6.81. The monoisotopic (exact) mass is 294 g/mol. The Balaban J connectivity index is 2.07. The molecule has 22 heavy (non-hydrogen) atoms. The summed E-state index contributed by atoms with van der Waals surface area (Å²) in [5, 5.41) is 0.467. The number of nitrogens with one attached hydrogen (secondary N) is 1. The predicted molar refractivity (Wildman–Crippen MR) is 83.6 cm³/mol. The van der Waals surface area contributed by atoms with Crippen molar-refractivity contribution in [3.63, 3.8) is 0 Å². The van der Waals surface area contributed by atoms with Crippen LogP contribution in [0.5, 0.6) is 5.75 Å². The summed E-state index contributed by atoms with van der Waals surface area (Å²) in [7, 11) is 1.60. The fourth-order valence-corrected chi connectivity index (χ4v) is 2.39. The van der Waals surface area contributed by atoms with Gasteiger partial charge in [0, 0.05) is 17.5 Å². The minimum Gasteiger partial charge on any atom is -0.496 e. The van der Waals surface area contributed by atoms with Crippen LogP contribution in [0, 0.1) is 0 Å². The summed E-state index contributed by atoms with van der Waals surface area (Å²) in [5.74, 6) is 1.27. The maximum Gasteiger partial charge on any atom is 0.258 e. The number of fused-ring (bicyclic) bond motifs is 1. The second kappa shape index (κ2) is 5.81. The van der Waals surface area contributed by atoms with Crippen molar-refractivity contribution in [1.29, 1.82) is 0 Å². The van der Waals surface area contributed by atoms with Crippen LogP contribution in [-0.4, -0.2) is 23.4 Å². The van der Waals surface area contributed by atoms with Crippen molar-refractivity contribution in [1.82, 2.24) is 9.97 Å². The molecule has 0 radical (unpaired) electrons. The van der Waals surface area contributed by atoms with Gasteiger partial charge in [0.1, 0.15) is 17.9 Å². The van der Waals surface area contributed by atoms with Crippen molar-refractivity contribution >= 4 is 17.2 Å². The number of aromatic amines is 1. The number of para-hydroxylation sites is 1. The number of benzene rings is 2. The average Bonchev–Trinajstić information content (AvgIpc) is 2.54. The van der Waals surface area contributed by atoms with Crippen LogP contribution >= 0.6 is 0 Å². The van der Waals surface area contributed by atoms with E-state index in [0.29, 0.717) is 28.7 Å². The standard InChI is InChI=1S/C17H14N2O3/c1-22-15-5-3-2-4-12(15)9-16-18-14-8-11(10-20)6-7-13(14)17(21)19-16/h2-8,10H,9H2,1H3,(H,18,19,21). The van der Waals surface area contributed by atoms with Crippen LogP contribution in [0.1, 0.15) is 21.7 Å². The predicted octanol–water partition coefficient (Wildman–Crippen LogP) is 2.33. The largest absolute Gasteiger partial charge is 0.496 e. The van der Waals surface area contributed by atoms with E-state index in [1.807, 2.05) is 24.3 Å². The normalized spacial score (nSPS) is 10.6. The summed E-state index contributed by atoms with van der Waals surface area (Å²) in [6.45, 7) is 0. The molecule has 0 amide bonds. The first kappa shape index (κ1) is 14.0. The van der Waals surface area contributed by atoms with Crippen LogP contribution < -0.4 is 10.3 Å². The summed E-state index contributed by atoms with van der Waals surface area (Å²) in [6, 6.07) is 12.4. The van der Waals surface area contributed by atoms with E-state index in [1.165, 1.54) is 0 Å². The van der Waals surface area contributed by atoms with Crippen LogP contribution in [0.15, 0.2) is 47.3 Å². The Morgan fingerprint density at radius 3 is 2.82 bits per heavy atom. The van der Waals surface area contributed by atoms with Gasteiger partial charge >= 0.3 is 0 Å². The number of H-pyrrole nitrogens is 1. The lowest BCUT2D eigenvalue weighted by Crippen LogP contribution is -2.12. The quantitative estimate of drug-likeness (QED) is 0.750. The van der Waals surface area contributed by atoms with Gasteiger partial charge in [-0.25, -0.2) is 4.98 Å². The second-order valence-electron chi connectivity index (χ2n) is 4.90. The lowest BCUT2D eigenvalue weighted by molar-refractivity contribution is 0.112. The van der Waals surface area contributed by atoms with Crippen molar-refractivity contribution in [3.8, 4) is 5.75 Å². The molecule has 0 saturated heterocycles. The highest BCUT2D eigenvalue weighted by molar-refractivity contribution is 5.85. The number of hydrogen-bond acceptors (Lipinski definition) is 4. The number of aldehydes is 1. The first-order chi connectivity index (χ1) is 10.7. The highest BCUT2D eigenvalue weighted by Gasteiger charge is 2.08. The smallest absolute Gasteiger partial charge is 0.258 e. The summed E-state index contributed by atoms with van der Waals surface area (Å²) in [5.41, 5.74) is 1.72. The van der Waals surface area contributed by atoms with Crippen LogP contribution in [0.25, 0.3) is 10.9 Å². The third-order valence-corrected chi connectivity index (χ3v) is 3.47. The third kappa shape index (κ3) is 2.61. The molecule has 0 spiro atoms. The van der Waals surface area contributed by atoms with Gasteiger partial charge in [-0.1, -0.05) is 24.3 Å². The molecule has 0 unspecified atom stereocenters. The molecule has 0 bridgehead atoms. The molecule has 1 aromatic heterocycles. The molecule has 2 aromatic carbocycles. The molecule has 0 fully saturated rings. The Labute approximate surface area is 126 Å². The molecule has 110 valence electrons. The first-order valence-corrected chi connectivity index (χ1v) is 6.81. The van der Waals surface area contributed by atoms with Gasteiger partial charge in [0.2, 0.25) is 0 Å². The maximum atomic E-state index is 12.1. The molecule has 0 atom stereocenters. The Morgan fingerprint density at radius 2 is 2.05 bits per heavy atom. The molecule has 5 nitrogen and oxygen atoms in total. The summed E-state index contributed by atoms with van der Waals surface area (Å²) in [4.78, 5) is 30.2. The lowest BCUT2D eigenvalue weighted by atomic mass is 10.1. The van der Waals surface area contributed by atoms with Crippen molar-refractivity contribution in [2.24, 2.45) is 0 Å². The van der Waals surface area contributed by atoms with Gasteiger partial charge in [-0.05, 0) is 18.2 Å². The number of carbonyl (C=O) groups is 1. The fraction of sp³-hybridized carbons (Fsp3) is 0.118. The number of methoxy groups -OCH3 is 1. The van der Waals surface area contributed by atoms with Crippen molar-refractivity contribution < 1.29 is 9.53 Å². The van der Waals surface area contributed by atoms with E-state index in [0.717, 1.165) is 17.6 Å². The number of carbonyl (C=O) groups excluding carboxylic acids is 1. The Bertz CT molecular complexity index is 900. The molecule has 3 aromatic rings. The highest BCUT2D eigenvalue weighted by Crippen LogP contribution is 2.20. The Morgan fingerprint density at radius 1 is 1.23 bits per heavy atom. The fourth-order valence-electron chi connectivity index (χ4n) is 2.39. The van der Waals surface area contributed by atoms with E-state index in [-0.39, 0.29) is 5.56 Å². The Hall–Kier alpha value is -2.95. The van der Waals surface area contributed by atoms with E-state index in [2.05, 4.69) is 9.97 Å². The molecule has 1 heterocycles. The van der Waals surface area contributed by atoms with Gasteiger partial charge in [0.15, 0.2) is 0 Å². The molecule has 5 heteroatoms. The molecular formula is C17H14N2O3. The number of aromatic nitrogens is 2. The third-order valence-electron chi connectivity index (χ3n) is 3.47. The lowest BCUT2D eigenvalue weighted by Gasteiger charge is -2.08. The maximum absolute atomic E-state index is 12.1. The SMILES string of the molecule is COc1ccccc1Cc1nc2cc(C=O)ccc2c(=O)[nH]1. The van der Waals surface area contributed by atoms with E-state index in [4.69, 9.17) is 4.74 Å². The second-order valence-corrected chi connectivity index (χ2v) is 4.90. The zero-order valence-electron chi connectivity index (χ0n) is 12.0. The van der Waals surface area contributed by atoms with Gasteiger partial charge in [0.25, 0.3) is 5.56 Å². The molecule has 3 rings (SSSR count). The molecule has 0 aliphatic heterocycles. The van der Waals surface area contributed by atoms with Gasteiger partial charge in [-0.2, -0.15) is 0 Å². The van der Waals surface area contributed by atoms with Gasteiger partial charge < -0.3 is 9.72 Å². The van der Waals surface area contributed by atoms with Gasteiger partial charge in [-0.15, -0.1) is 0 Å². The van der Waals surface area contributed by atoms with E-state index in [1.54, 1.807) is 25.3 Å². The molecule has 0 aliphatic carbocycles. The summed E-state index contributed by atoms with van der Waals surface area (Å²) < 4.78 is 5.31. The Kier molecular flexibility index (Phi) is 3.70. The topological polar surface area (TPSA) is 72.0 Å². The van der Waals surface area contributed by atoms with Gasteiger partial charge in [-0.3, -0.25) is 9.59 Å². The molecule has 1 N–H and O–H groups in total. The minimum atomic E-state index is -0.215. The zero-order valence-corrected chi connectivity index (χ0v) is 12.0. The van der Waals surface area contributed by atoms with Crippen LogP contribution in [0.4, 0.5) is 0 Å². The molecule has 0 saturated carbocycles. The van der Waals surface area contributed by atoms with Gasteiger partial charge in [0.05, 0.1) is 18.0 Å². The van der Waals surface area contributed by atoms with Crippen molar-refractivity contribution in [3.05, 3.63) is 69.8 Å². The van der Waals surface area contributed by atoms with Crippen molar-refractivity contribution in [2.45, 2.75) is 6.42 Å². The van der Waals surface area contributed by atoms with Crippen LogP contribution in [0.2, 0.25) is 0 Å². The highest BCUT2D eigenvalue weighted by atomic mass is 16.5. The summed E-state index contributed by atoms with van der Waals surface area (Å²) in [6.07, 6.45) is 1.18. The number of hydrogen-bond donors (Lipinski definition) is 1. The van der Waals surface area contributed by atoms with Crippen LogP contribution in [0.3, 0.4) is 0 Å². The van der Waals surface area contributed by atoms with Crippen LogP contribution in [-0.2, 0) is 6.42 Å².